The summed E-state index contributed by atoms with van der Waals surface area (Å²) in [5.41, 5.74) is 3.57. The number of likely N-dealkylation sites (tertiary alicyclic amines) is 1. The second kappa shape index (κ2) is 9.91. The maximum atomic E-state index is 13.3. The Hall–Kier alpha value is -3.04. The molecule has 2 saturated heterocycles. The van der Waals surface area contributed by atoms with Gasteiger partial charge in [-0.15, -0.1) is 11.3 Å². The Balaban J connectivity index is 1.17. The average molecular weight is 494 g/mol. The fourth-order valence-corrected chi connectivity index (χ4v) is 5.97. The van der Waals surface area contributed by atoms with Gasteiger partial charge in [0, 0.05) is 69.0 Å². The Kier molecular flexibility index (Phi) is 6.71. The zero-order chi connectivity index (χ0) is 24.5. The van der Waals surface area contributed by atoms with Crippen LogP contribution in [0.5, 0.6) is 0 Å². The van der Waals surface area contributed by atoms with E-state index in [9.17, 15) is 14.4 Å². The highest BCUT2D eigenvalue weighted by atomic mass is 32.1. The molecule has 1 atom stereocenters. The Bertz CT molecular complexity index is 1290. The summed E-state index contributed by atoms with van der Waals surface area (Å²) in [6, 6.07) is 7.52. The number of benzene rings is 1. The number of rotatable bonds is 4. The Morgan fingerprint density at radius 1 is 1.00 bits per heavy atom. The third-order valence-electron chi connectivity index (χ3n) is 6.95. The molecule has 2 fully saturated rings. The van der Waals surface area contributed by atoms with E-state index in [1.54, 1.807) is 16.7 Å². The van der Waals surface area contributed by atoms with Crippen molar-refractivity contribution in [3.63, 3.8) is 0 Å². The summed E-state index contributed by atoms with van der Waals surface area (Å²) in [6.45, 7) is 8.59. The molecule has 0 saturated carbocycles. The number of hydrogen-bond acceptors (Lipinski definition) is 6. The molecule has 1 unspecified atom stereocenters. The second-order valence-electron chi connectivity index (χ2n) is 9.71. The molecule has 2 aliphatic rings. The highest BCUT2D eigenvalue weighted by Gasteiger charge is 2.33. The number of hydrogen-bond donors (Lipinski definition) is 0. The van der Waals surface area contributed by atoms with Gasteiger partial charge in [-0.1, -0.05) is 17.2 Å². The van der Waals surface area contributed by atoms with Crippen molar-refractivity contribution in [2.45, 2.75) is 33.2 Å². The summed E-state index contributed by atoms with van der Waals surface area (Å²) in [6.07, 6.45) is 3.41. The molecule has 3 aromatic rings. The standard InChI is InChI=1S/C26H31N5O3S/c1-18-12-19(2)14-21(13-18)25(34)30-5-3-4-20(16-30)24(33)29-8-6-28(7-9-29)17-22-15-23(32)31-10-11-35-26(31)27-22/h10-15,20H,3-9,16-17H2,1-2H3. The van der Waals surface area contributed by atoms with Crippen LogP contribution in [0.2, 0.25) is 0 Å². The van der Waals surface area contributed by atoms with Gasteiger partial charge < -0.3 is 9.80 Å². The predicted octanol–water partition coefficient (Wildman–Crippen LogP) is 2.57. The number of aryl methyl sites for hydroxylation is 2. The normalized spacial score (nSPS) is 19.3. The molecule has 35 heavy (non-hydrogen) atoms. The molecule has 0 aliphatic carbocycles. The molecule has 9 heteroatoms. The molecule has 2 amide bonds. The van der Waals surface area contributed by atoms with E-state index < -0.39 is 0 Å². The summed E-state index contributed by atoms with van der Waals surface area (Å²) >= 11 is 1.45. The van der Waals surface area contributed by atoms with E-state index in [0.717, 1.165) is 42.8 Å². The van der Waals surface area contributed by atoms with Gasteiger partial charge in [-0.3, -0.25) is 23.7 Å². The Morgan fingerprint density at radius 2 is 1.74 bits per heavy atom. The number of nitrogens with zero attached hydrogens (tertiary/aromatic N) is 5. The lowest BCUT2D eigenvalue weighted by atomic mass is 9.95. The molecule has 4 heterocycles. The summed E-state index contributed by atoms with van der Waals surface area (Å²) < 4.78 is 1.56. The van der Waals surface area contributed by atoms with Crippen molar-refractivity contribution < 1.29 is 9.59 Å². The average Bonchev–Trinajstić information content (AvgIpc) is 3.32. The first-order valence-corrected chi connectivity index (χ1v) is 13.1. The molecule has 0 bridgehead atoms. The second-order valence-corrected chi connectivity index (χ2v) is 10.6. The Labute approximate surface area is 208 Å². The lowest BCUT2D eigenvalue weighted by Gasteiger charge is -2.39. The number of carbonyl (C=O) groups excluding carboxylic acids is 2. The first kappa shape index (κ1) is 23.7. The van der Waals surface area contributed by atoms with Gasteiger partial charge >= 0.3 is 0 Å². The van der Waals surface area contributed by atoms with E-state index in [1.807, 2.05) is 41.2 Å². The fraction of sp³-hybridized carbons (Fsp3) is 0.462. The van der Waals surface area contributed by atoms with E-state index >= 15 is 0 Å². The molecule has 1 aromatic carbocycles. The van der Waals surface area contributed by atoms with Gasteiger partial charge in [-0.25, -0.2) is 4.98 Å². The lowest BCUT2D eigenvalue weighted by Crippen LogP contribution is -2.52. The smallest absolute Gasteiger partial charge is 0.258 e. The minimum atomic E-state index is -0.145. The molecule has 8 nitrogen and oxygen atoms in total. The SMILES string of the molecule is Cc1cc(C)cc(C(=O)N2CCCC(C(=O)N3CCN(Cc4cc(=O)n5ccsc5n4)CC3)C2)c1. The molecule has 184 valence electrons. The quantitative estimate of drug-likeness (QED) is 0.558. The van der Waals surface area contributed by atoms with Crippen molar-refractivity contribution >= 4 is 28.1 Å². The number of amides is 2. The van der Waals surface area contributed by atoms with Crippen molar-refractivity contribution in [3.05, 3.63) is 68.6 Å². The van der Waals surface area contributed by atoms with Gasteiger partial charge in [0.1, 0.15) is 0 Å². The van der Waals surface area contributed by atoms with Crippen LogP contribution in [0.3, 0.4) is 0 Å². The summed E-state index contributed by atoms with van der Waals surface area (Å²) in [5, 5.41) is 1.86. The van der Waals surface area contributed by atoms with Gasteiger partial charge in [-0.05, 0) is 38.8 Å². The van der Waals surface area contributed by atoms with E-state index in [2.05, 4.69) is 16.0 Å². The van der Waals surface area contributed by atoms with Crippen LogP contribution in [-0.2, 0) is 11.3 Å². The van der Waals surface area contributed by atoms with Crippen LogP contribution in [0.15, 0.2) is 40.6 Å². The van der Waals surface area contributed by atoms with Crippen molar-refractivity contribution in [2.75, 3.05) is 39.3 Å². The van der Waals surface area contributed by atoms with Gasteiger partial charge in [0.05, 0.1) is 11.6 Å². The van der Waals surface area contributed by atoms with Crippen LogP contribution in [0.4, 0.5) is 0 Å². The van der Waals surface area contributed by atoms with Crippen LogP contribution < -0.4 is 5.56 Å². The van der Waals surface area contributed by atoms with Crippen molar-refractivity contribution in [3.8, 4) is 0 Å². The summed E-state index contributed by atoms with van der Waals surface area (Å²) in [4.78, 5) is 50.0. The van der Waals surface area contributed by atoms with Crippen molar-refractivity contribution in [1.82, 2.24) is 24.1 Å². The zero-order valence-electron chi connectivity index (χ0n) is 20.3. The Morgan fingerprint density at radius 3 is 2.49 bits per heavy atom. The highest BCUT2D eigenvalue weighted by Crippen LogP contribution is 2.22. The van der Waals surface area contributed by atoms with E-state index in [0.29, 0.717) is 43.2 Å². The largest absolute Gasteiger partial charge is 0.340 e. The maximum absolute atomic E-state index is 13.3. The van der Waals surface area contributed by atoms with E-state index in [-0.39, 0.29) is 23.3 Å². The molecule has 0 radical (unpaired) electrons. The van der Waals surface area contributed by atoms with Gasteiger partial charge in [-0.2, -0.15) is 0 Å². The molecule has 2 aromatic heterocycles. The molecule has 2 aliphatic heterocycles. The molecule has 5 rings (SSSR count). The first-order chi connectivity index (χ1) is 16.9. The van der Waals surface area contributed by atoms with Gasteiger partial charge in [0.25, 0.3) is 11.5 Å². The third-order valence-corrected chi connectivity index (χ3v) is 7.71. The van der Waals surface area contributed by atoms with Crippen LogP contribution in [0.25, 0.3) is 4.96 Å². The number of piperazine rings is 1. The lowest BCUT2D eigenvalue weighted by molar-refractivity contribution is -0.138. The zero-order valence-corrected chi connectivity index (χ0v) is 21.1. The van der Waals surface area contributed by atoms with Crippen LogP contribution >= 0.6 is 11.3 Å². The first-order valence-electron chi connectivity index (χ1n) is 12.2. The maximum Gasteiger partial charge on any atom is 0.258 e. The number of fused-ring (bicyclic) bond motifs is 1. The molecule has 0 N–H and O–H groups in total. The number of piperidine rings is 1. The predicted molar refractivity (Wildman–Crippen MR) is 136 cm³/mol. The van der Waals surface area contributed by atoms with E-state index in [4.69, 9.17) is 0 Å². The summed E-state index contributed by atoms with van der Waals surface area (Å²) in [7, 11) is 0. The number of thiazole rings is 1. The van der Waals surface area contributed by atoms with Crippen molar-refractivity contribution in [2.24, 2.45) is 5.92 Å². The monoisotopic (exact) mass is 493 g/mol. The van der Waals surface area contributed by atoms with E-state index in [1.165, 1.54) is 11.3 Å². The molecular weight excluding hydrogens is 462 g/mol. The number of carbonyl (C=O) groups is 2. The van der Waals surface area contributed by atoms with Crippen LogP contribution in [-0.4, -0.2) is 75.2 Å². The number of aromatic nitrogens is 2. The minimum Gasteiger partial charge on any atom is -0.340 e. The van der Waals surface area contributed by atoms with Crippen LogP contribution in [0, 0.1) is 19.8 Å². The van der Waals surface area contributed by atoms with Gasteiger partial charge in [0.2, 0.25) is 5.91 Å². The molecule has 0 spiro atoms. The summed E-state index contributed by atoms with van der Waals surface area (Å²) in [5.74, 6) is 0.0253. The topological polar surface area (TPSA) is 78.2 Å². The third kappa shape index (κ3) is 5.16. The molecular formula is C26H31N5O3S. The van der Waals surface area contributed by atoms with Crippen molar-refractivity contribution in [1.29, 1.82) is 0 Å². The van der Waals surface area contributed by atoms with Crippen LogP contribution in [0.1, 0.15) is 40.0 Å². The van der Waals surface area contributed by atoms with Gasteiger partial charge in [0.15, 0.2) is 4.96 Å². The highest BCUT2D eigenvalue weighted by molar-refractivity contribution is 7.15. The fourth-order valence-electron chi connectivity index (χ4n) is 5.23. The minimum absolute atomic E-state index is 0.0187.